The van der Waals surface area contributed by atoms with E-state index in [-0.39, 0.29) is 0 Å². The highest BCUT2D eigenvalue weighted by Crippen LogP contribution is 2.37. The summed E-state index contributed by atoms with van der Waals surface area (Å²) in [6, 6.07) is 5.30. The number of ether oxygens (including phenoxy) is 2. The first-order valence-corrected chi connectivity index (χ1v) is 4.89. The summed E-state index contributed by atoms with van der Waals surface area (Å²) in [7, 11) is 3.64. The number of carbonyl (C=O) groups is 1. The van der Waals surface area contributed by atoms with Gasteiger partial charge in [0.15, 0.2) is 32.8 Å². The fourth-order valence-electron chi connectivity index (χ4n) is 1.51. The largest absolute Gasteiger partial charge is 0.478 e. The Kier molecular flexibility index (Phi) is 2.42. The molecule has 0 atom stereocenters. The first kappa shape index (κ1) is 10.7. The second-order valence-corrected chi connectivity index (χ2v) is 3.98. The van der Waals surface area contributed by atoms with Gasteiger partial charge in [-0.3, -0.25) is 0 Å². The average Bonchev–Trinajstić information content (AvgIpc) is 2.47. The molecule has 0 radical (unpaired) electrons. The van der Waals surface area contributed by atoms with E-state index in [9.17, 15) is 4.79 Å². The van der Waals surface area contributed by atoms with E-state index in [0.717, 1.165) is 11.6 Å². The van der Waals surface area contributed by atoms with Gasteiger partial charge in [0.2, 0.25) is 0 Å². The van der Waals surface area contributed by atoms with Crippen LogP contribution in [0.5, 0.6) is 11.5 Å². The lowest BCUT2D eigenvalue weighted by molar-refractivity contribution is -0.131. The zero-order valence-corrected chi connectivity index (χ0v) is 9.06. The van der Waals surface area contributed by atoms with E-state index in [1.54, 1.807) is 18.2 Å². The van der Waals surface area contributed by atoms with Crippen molar-refractivity contribution in [2.45, 2.75) is 5.59 Å². The van der Waals surface area contributed by atoms with E-state index < -0.39 is 11.6 Å². The van der Waals surface area contributed by atoms with Crippen LogP contribution in [0.25, 0.3) is 6.08 Å². The molecule has 0 aromatic heterocycles. The molecular formula is C10H10B2O4. The van der Waals surface area contributed by atoms with Crippen LogP contribution in [0.1, 0.15) is 5.56 Å². The molecule has 0 bridgehead atoms. The second-order valence-electron chi connectivity index (χ2n) is 3.98. The summed E-state index contributed by atoms with van der Waals surface area (Å²) in [5.41, 5.74) is 0.111. The Bertz CT molecular complexity index is 468. The molecule has 1 aliphatic heterocycles. The minimum Gasteiger partial charge on any atom is -0.478 e. The molecule has 1 aromatic carbocycles. The van der Waals surface area contributed by atoms with Crippen LogP contribution in [0.15, 0.2) is 24.3 Å². The lowest BCUT2D eigenvalue weighted by atomic mass is 9.76. The Labute approximate surface area is 94.7 Å². The number of benzene rings is 1. The van der Waals surface area contributed by atoms with Crippen LogP contribution in [0.2, 0.25) is 0 Å². The van der Waals surface area contributed by atoms with Gasteiger partial charge in [-0.1, -0.05) is 6.07 Å². The van der Waals surface area contributed by atoms with E-state index in [4.69, 9.17) is 14.6 Å². The molecule has 0 spiro atoms. The molecule has 1 heterocycles. The summed E-state index contributed by atoms with van der Waals surface area (Å²) < 4.78 is 11.1. The molecule has 0 saturated heterocycles. The molecule has 0 fully saturated rings. The van der Waals surface area contributed by atoms with Gasteiger partial charge in [0, 0.05) is 6.08 Å². The van der Waals surface area contributed by atoms with Crippen LogP contribution >= 0.6 is 0 Å². The Balaban J connectivity index is 2.26. The molecule has 1 aliphatic rings. The Hall–Kier alpha value is -1.84. The molecule has 16 heavy (non-hydrogen) atoms. The number of carboxylic acids is 1. The highest BCUT2D eigenvalue weighted by molar-refractivity contribution is 6.38. The molecule has 2 rings (SSSR count). The van der Waals surface area contributed by atoms with Gasteiger partial charge in [0.05, 0.1) is 0 Å². The lowest BCUT2D eigenvalue weighted by Crippen LogP contribution is -2.39. The first-order chi connectivity index (χ1) is 7.46. The zero-order valence-electron chi connectivity index (χ0n) is 9.06. The first-order valence-electron chi connectivity index (χ1n) is 4.89. The molecule has 0 aliphatic carbocycles. The lowest BCUT2D eigenvalue weighted by Gasteiger charge is -2.17. The third kappa shape index (κ3) is 2.21. The maximum Gasteiger partial charge on any atom is 0.328 e. The van der Waals surface area contributed by atoms with Gasteiger partial charge < -0.3 is 14.6 Å². The summed E-state index contributed by atoms with van der Waals surface area (Å²) in [6.45, 7) is 0. The average molecular weight is 216 g/mol. The Morgan fingerprint density at radius 3 is 2.69 bits per heavy atom. The van der Waals surface area contributed by atoms with Gasteiger partial charge in [-0.05, 0) is 23.8 Å². The molecule has 80 valence electrons. The second kappa shape index (κ2) is 3.63. The van der Waals surface area contributed by atoms with Gasteiger partial charge in [0.1, 0.15) is 0 Å². The fraction of sp³-hybridized carbons (Fsp3) is 0.100. The topological polar surface area (TPSA) is 55.8 Å². The van der Waals surface area contributed by atoms with E-state index in [2.05, 4.69) is 0 Å². The van der Waals surface area contributed by atoms with Gasteiger partial charge in [0.25, 0.3) is 0 Å². The van der Waals surface area contributed by atoms with Crippen LogP contribution in [0.3, 0.4) is 0 Å². The van der Waals surface area contributed by atoms with Crippen molar-refractivity contribution >= 4 is 27.7 Å². The standard InChI is InChI=1S/C10H10B2O4/c11-10(12)15-7-3-1-6(2-4-9(13)14)5-8(7)16-10/h1-5H,11-12H2,(H,13,14)/b4-2+. The van der Waals surface area contributed by atoms with Gasteiger partial charge >= 0.3 is 5.97 Å². The van der Waals surface area contributed by atoms with Crippen LogP contribution in [0.4, 0.5) is 0 Å². The zero-order chi connectivity index (χ0) is 11.8. The van der Waals surface area contributed by atoms with Gasteiger partial charge in [-0.15, -0.1) is 0 Å². The molecule has 1 N–H and O–H groups in total. The number of hydrogen-bond donors (Lipinski definition) is 1. The number of carboxylic acid groups (broad SMARTS) is 1. The van der Waals surface area contributed by atoms with Crippen LogP contribution in [0, 0.1) is 0 Å². The third-order valence-corrected chi connectivity index (χ3v) is 2.10. The van der Waals surface area contributed by atoms with E-state index in [0.29, 0.717) is 11.5 Å². The fourth-order valence-corrected chi connectivity index (χ4v) is 1.51. The predicted octanol–water partition coefficient (Wildman–Crippen LogP) is -0.567. The van der Waals surface area contributed by atoms with E-state index in [1.165, 1.54) is 6.08 Å². The van der Waals surface area contributed by atoms with Crippen LogP contribution < -0.4 is 9.47 Å². The SMILES string of the molecule is BC1(B)Oc2ccc(/C=C/C(=O)O)cc2O1. The molecule has 1 aromatic rings. The van der Waals surface area contributed by atoms with E-state index in [1.807, 2.05) is 15.7 Å². The number of aliphatic carboxylic acids is 1. The number of hydrogen-bond acceptors (Lipinski definition) is 3. The van der Waals surface area contributed by atoms with Gasteiger partial charge in [-0.2, -0.15) is 0 Å². The third-order valence-electron chi connectivity index (χ3n) is 2.10. The van der Waals surface area contributed by atoms with Crippen LogP contribution in [-0.2, 0) is 4.79 Å². The predicted molar refractivity (Wildman–Crippen MR) is 64.2 cm³/mol. The highest BCUT2D eigenvalue weighted by atomic mass is 16.7. The summed E-state index contributed by atoms with van der Waals surface area (Å²) in [6.07, 6.45) is 2.60. The summed E-state index contributed by atoms with van der Waals surface area (Å²) in [5.74, 6) is 0.341. The summed E-state index contributed by atoms with van der Waals surface area (Å²) >= 11 is 0. The molecule has 0 amide bonds. The van der Waals surface area contributed by atoms with Crippen molar-refractivity contribution in [3.63, 3.8) is 0 Å². The van der Waals surface area contributed by atoms with Gasteiger partial charge in [-0.25, -0.2) is 4.79 Å². The number of rotatable bonds is 2. The minimum atomic E-state index is -0.974. The molecular weight excluding hydrogens is 206 g/mol. The molecule has 0 saturated carbocycles. The quantitative estimate of drug-likeness (QED) is 0.531. The molecule has 4 nitrogen and oxygen atoms in total. The van der Waals surface area contributed by atoms with E-state index >= 15 is 0 Å². The molecule has 6 heteroatoms. The van der Waals surface area contributed by atoms with Crippen molar-refractivity contribution in [3.8, 4) is 11.5 Å². The maximum absolute atomic E-state index is 10.4. The van der Waals surface area contributed by atoms with Crippen LogP contribution in [-0.4, -0.2) is 32.4 Å². The normalized spacial score (nSPS) is 16.5. The Morgan fingerprint density at radius 2 is 2.00 bits per heavy atom. The monoisotopic (exact) mass is 216 g/mol. The summed E-state index contributed by atoms with van der Waals surface area (Å²) in [5, 5.41) is 8.51. The van der Waals surface area contributed by atoms with Crippen molar-refractivity contribution < 1.29 is 19.4 Å². The van der Waals surface area contributed by atoms with Crippen molar-refractivity contribution in [1.29, 1.82) is 0 Å². The van der Waals surface area contributed by atoms with Crippen molar-refractivity contribution in [2.24, 2.45) is 0 Å². The van der Waals surface area contributed by atoms with Crippen molar-refractivity contribution in [2.75, 3.05) is 0 Å². The Morgan fingerprint density at radius 1 is 1.31 bits per heavy atom. The summed E-state index contributed by atoms with van der Waals surface area (Å²) in [4.78, 5) is 10.4. The minimum absolute atomic E-state index is 0.637. The molecule has 0 unspecified atom stereocenters. The van der Waals surface area contributed by atoms with Crippen molar-refractivity contribution in [3.05, 3.63) is 29.8 Å². The smallest absolute Gasteiger partial charge is 0.328 e. The maximum atomic E-state index is 10.4. The highest BCUT2D eigenvalue weighted by Gasteiger charge is 2.30. The van der Waals surface area contributed by atoms with Crippen molar-refractivity contribution in [1.82, 2.24) is 0 Å². The number of fused-ring (bicyclic) bond motifs is 1.